The Morgan fingerprint density at radius 3 is 2.71 bits per heavy atom. The van der Waals surface area contributed by atoms with E-state index in [2.05, 4.69) is 6.07 Å². The maximum atomic E-state index is 13.3. The molecule has 3 rings (SSSR count). The predicted molar refractivity (Wildman–Crippen MR) is 116 cm³/mol. The highest BCUT2D eigenvalue weighted by Crippen LogP contribution is 2.47. The molecule has 7 nitrogen and oxygen atoms in total. The largest absolute Gasteiger partial charge is 0.463 e. The van der Waals surface area contributed by atoms with E-state index in [9.17, 15) is 14.9 Å². The summed E-state index contributed by atoms with van der Waals surface area (Å²) in [6, 6.07) is 9.29. The van der Waals surface area contributed by atoms with Gasteiger partial charge < -0.3 is 15.2 Å². The van der Waals surface area contributed by atoms with Crippen LogP contribution in [0.4, 0.5) is 0 Å². The summed E-state index contributed by atoms with van der Waals surface area (Å²) in [4.78, 5) is 31.2. The maximum Gasteiger partial charge on any atom is 0.336 e. The van der Waals surface area contributed by atoms with Crippen molar-refractivity contribution in [1.29, 1.82) is 5.26 Å². The van der Waals surface area contributed by atoms with Crippen LogP contribution in [0.5, 0.6) is 0 Å². The third-order valence-electron chi connectivity index (χ3n) is 5.66. The topological polar surface area (TPSA) is 115 Å². The molecule has 1 aromatic rings. The Morgan fingerprint density at radius 2 is 2.03 bits per heavy atom. The van der Waals surface area contributed by atoms with E-state index in [1.165, 1.54) is 0 Å². The number of fused-ring (bicyclic) bond motifs is 1. The third-order valence-corrected chi connectivity index (χ3v) is 5.66. The van der Waals surface area contributed by atoms with Crippen LogP contribution in [-0.2, 0) is 19.1 Å². The van der Waals surface area contributed by atoms with E-state index >= 15 is 0 Å². The zero-order valence-electron chi connectivity index (χ0n) is 18.3. The molecule has 7 heteroatoms. The molecule has 31 heavy (non-hydrogen) atoms. The van der Waals surface area contributed by atoms with E-state index in [0.717, 1.165) is 5.71 Å². The summed E-state index contributed by atoms with van der Waals surface area (Å²) in [5.41, 5.74) is 7.86. The number of rotatable bonds is 7. The standard InChI is InChI=1S/C24H29N3O4/c1-4-31-23(29)22-18(14-30-10-9-25)27-17-11-24(2,3)12-19(28)21(17)20(22)16-8-6-5-7-15(16)13-26/h5-8,20-21H,4,9-12,14,25H2,1-3H3. The molecule has 1 heterocycles. The number of aliphatic imine (C=N–C) groups is 1. The fourth-order valence-corrected chi connectivity index (χ4v) is 4.52. The van der Waals surface area contributed by atoms with Crippen molar-refractivity contribution in [1.82, 2.24) is 0 Å². The van der Waals surface area contributed by atoms with Crippen LogP contribution in [0.25, 0.3) is 0 Å². The van der Waals surface area contributed by atoms with Gasteiger partial charge in [-0.25, -0.2) is 4.79 Å². The van der Waals surface area contributed by atoms with E-state index in [0.29, 0.717) is 48.4 Å². The number of ether oxygens (including phenoxy) is 2. The number of nitriles is 1. The van der Waals surface area contributed by atoms with E-state index in [-0.39, 0.29) is 24.4 Å². The number of hydrogen-bond acceptors (Lipinski definition) is 7. The Hall–Kier alpha value is -2.82. The van der Waals surface area contributed by atoms with Crippen LogP contribution in [0.15, 0.2) is 40.5 Å². The van der Waals surface area contributed by atoms with Gasteiger partial charge in [-0.1, -0.05) is 32.0 Å². The molecule has 2 atom stereocenters. The summed E-state index contributed by atoms with van der Waals surface area (Å²) in [7, 11) is 0. The number of carbonyl (C=O) groups excluding carboxylic acids is 2. The van der Waals surface area contributed by atoms with Crippen LogP contribution in [0, 0.1) is 22.7 Å². The molecule has 1 fully saturated rings. The Morgan fingerprint density at radius 1 is 1.29 bits per heavy atom. The van der Waals surface area contributed by atoms with Gasteiger partial charge in [0.1, 0.15) is 5.78 Å². The highest BCUT2D eigenvalue weighted by atomic mass is 16.5. The first kappa shape index (κ1) is 22.9. The number of benzene rings is 1. The Labute approximate surface area is 182 Å². The zero-order valence-corrected chi connectivity index (χ0v) is 18.3. The van der Waals surface area contributed by atoms with E-state index in [1.807, 2.05) is 19.9 Å². The second kappa shape index (κ2) is 9.54. The lowest BCUT2D eigenvalue weighted by atomic mass is 9.63. The summed E-state index contributed by atoms with van der Waals surface area (Å²) in [6.07, 6.45) is 1.02. The molecule has 0 amide bonds. The minimum Gasteiger partial charge on any atom is -0.463 e. The molecule has 1 saturated carbocycles. The molecule has 0 saturated heterocycles. The van der Waals surface area contributed by atoms with Crippen molar-refractivity contribution < 1.29 is 19.1 Å². The van der Waals surface area contributed by atoms with Crippen molar-refractivity contribution in [2.24, 2.45) is 22.1 Å². The lowest BCUT2D eigenvalue weighted by Gasteiger charge is -2.41. The highest BCUT2D eigenvalue weighted by molar-refractivity contribution is 6.12. The molecule has 0 bridgehead atoms. The first-order chi connectivity index (χ1) is 14.8. The molecular formula is C24H29N3O4. The number of hydrogen-bond donors (Lipinski definition) is 1. The van der Waals surface area contributed by atoms with Gasteiger partial charge in [-0.15, -0.1) is 0 Å². The van der Waals surface area contributed by atoms with Crippen LogP contribution in [-0.4, -0.2) is 43.8 Å². The zero-order chi connectivity index (χ0) is 22.6. The maximum absolute atomic E-state index is 13.3. The summed E-state index contributed by atoms with van der Waals surface area (Å²) < 4.78 is 11.0. The number of carbonyl (C=O) groups is 2. The molecule has 1 aromatic carbocycles. The molecule has 2 aliphatic rings. The first-order valence-corrected chi connectivity index (χ1v) is 10.6. The number of ketones is 1. The van der Waals surface area contributed by atoms with Crippen molar-refractivity contribution in [3.05, 3.63) is 46.7 Å². The number of Topliss-reactive ketones (excluding diaryl/α,β-unsaturated/α-hetero) is 1. The van der Waals surface area contributed by atoms with Gasteiger partial charge >= 0.3 is 5.97 Å². The second-order valence-corrected chi connectivity index (χ2v) is 8.66. The SMILES string of the molecule is CCOC(=O)C1=C(COCCN)N=C2CC(C)(C)CC(=O)C2C1c1ccccc1C#N. The predicted octanol–water partition coefficient (Wildman–Crippen LogP) is 2.89. The molecular weight excluding hydrogens is 394 g/mol. The second-order valence-electron chi connectivity index (χ2n) is 8.66. The van der Waals surface area contributed by atoms with E-state index in [4.69, 9.17) is 20.2 Å². The molecule has 2 N–H and O–H groups in total. The van der Waals surface area contributed by atoms with Gasteiger partial charge in [0.2, 0.25) is 0 Å². The highest BCUT2D eigenvalue weighted by Gasteiger charge is 2.48. The molecule has 0 radical (unpaired) electrons. The number of nitrogens with zero attached hydrogens (tertiary/aromatic N) is 2. The summed E-state index contributed by atoms with van der Waals surface area (Å²) in [6.45, 7) is 6.74. The normalized spacial score (nSPS) is 22.4. The Bertz CT molecular complexity index is 971. The summed E-state index contributed by atoms with van der Waals surface area (Å²) in [5.74, 6) is -1.74. The van der Waals surface area contributed by atoms with Gasteiger partial charge in [0.25, 0.3) is 0 Å². The first-order valence-electron chi connectivity index (χ1n) is 10.6. The molecule has 0 spiro atoms. The van der Waals surface area contributed by atoms with Crippen molar-refractivity contribution in [3.63, 3.8) is 0 Å². The van der Waals surface area contributed by atoms with Gasteiger partial charge in [-0.3, -0.25) is 9.79 Å². The van der Waals surface area contributed by atoms with E-state index < -0.39 is 17.8 Å². The van der Waals surface area contributed by atoms with Gasteiger partial charge in [-0.05, 0) is 30.4 Å². The molecule has 164 valence electrons. The monoisotopic (exact) mass is 423 g/mol. The lowest BCUT2D eigenvalue weighted by Crippen LogP contribution is -2.44. The Kier molecular flexibility index (Phi) is 7.04. The summed E-state index contributed by atoms with van der Waals surface area (Å²) >= 11 is 0. The van der Waals surface area contributed by atoms with Gasteiger partial charge in [0.05, 0.1) is 48.6 Å². The van der Waals surface area contributed by atoms with Crippen molar-refractivity contribution in [2.75, 3.05) is 26.4 Å². The minimum absolute atomic E-state index is 0.0245. The van der Waals surface area contributed by atoms with Crippen LogP contribution >= 0.6 is 0 Å². The van der Waals surface area contributed by atoms with Gasteiger partial charge in [0.15, 0.2) is 0 Å². The van der Waals surface area contributed by atoms with Gasteiger partial charge in [0, 0.05) is 24.6 Å². The molecule has 2 unspecified atom stereocenters. The van der Waals surface area contributed by atoms with Crippen molar-refractivity contribution >= 4 is 17.5 Å². The quantitative estimate of drug-likeness (QED) is 0.533. The molecule has 1 aliphatic carbocycles. The Balaban J connectivity index is 2.23. The van der Waals surface area contributed by atoms with E-state index in [1.54, 1.807) is 25.1 Å². The average Bonchev–Trinajstić information content (AvgIpc) is 2.72. The van der Waals surface area contributed by atoms with Crippen LogP contribution in [0.1, 0.15) is 50.7 Å². The molecule has 0 aromatic heterocycles. The van der Waals surface area contributed by atoms with Crippen LogP contribution in [0.3, 0.4) is 0 Å². The number of esters is 1. The molecule has 1 aliphatic heterocycles. The smallest absolute Gasteiger partial charge is 0.336 e. The summed E-state index contributed by atoms with van der Waals surface area (Å²) in [5, 5.41) is 9.73. The lowest BCUT2D eigenvalue weighted by molar-refractivity contribution is -0.139. The van der Waals surface area contributed by atoms with Gasteiger partial charge in [-0.2, -0.15) is 5.26 Å². The van der Waals surface area contributed by atoms with Crippen LogP contribution < -0.4 is 5.73 Å². The average molecular weight is 424 g/mol. The van der Waals surface area contributed by atoms with Crippen LogP contribution in [0.2, 0.25) is 0 Å². The minimum atomic E-state index is -0.637. The fourth-order valence-electron chi connectivity index (χ4n) is 4.52. The number of nitrogens with two attached hydrogens (primary N) is 1. The van der Waals surface area contributed by atoms with Crippen molar-refractivity contribution in [2.45, 2.75) is 39.5 Å². The van der Waals surface area contributed by atoms with Crippen molar-refractivity contribution in [3.8, 4) is 6.07 Å². The third kappa shape index (κ3) is 4.76. The fraction of sp³-hybridized carbons (Fsp3) is 0.500.